The molecular formula is C12H20Cl2N2O. The molecule has 0 aromatic carbocycles. The Morgan fingerprint density at radius 3 is 2.76 bits per heavy atom. The highest BCUT2D eigenvalue weighted by molar-refractivity contribution is 6.30. The molecule has 17 heavy (non-hydrogen) atoms. The van der Waals surface area contributed by atoms with Crippen molar-refractivity contribution in [2.24, 2.45) is 5.92 Å². The van der Waals surface area contributed by atoms with Crippen LogP contribution in [0, 0.1) is 5.92 Å². The first-order valence-electron chi connectivity index (χ1n) is 5.57. The lowest BCUT2D eigenvalue weighted by atomic mass is 10.1. The fraction of sp³-hybridized carbons (Fsp3) is 0.583. The number of aliphatic hydroxyl groups is 1. The van der Waals surface area contributed by atoms with Gasteiger partial charge in [0.25, 0.3) is 0 Å². The average Bonchev–Trinajstić information content (AvgIpc) is 2.19. The molecule has 1 aromatic heterocycles. The molecular weight excluding hydrogens is 259 g/mol. The maximum Gasteiger partial charge on any atom is 0.133 e. The molecule has 0 saturated heterocycles. The van der Waals surface area contributed by atoms with E-state index in [1.807, 2.05) is 12.1 Å². The number of nitrogens with zero attached hydrogens (tertiary/aromatic N) is 1. The van der Waals surface area contributed by atoms with Crippen LogP contribution in [0.25, 0.3) is 0 Å². The van der Waals surface area contributed by atoms with E-state index >= 15 is 0 Å². The first-order valence-corrected chi connectivity index (χ1v) is 5.95. The van der Waals surface area contributed by atoms with Crippen molar-refractivity contribution >= 4 is 24.0 Å². The molecule has 1 unspecified atom stereocenters. The van der Waals surface area contributed by atoms with Gasteiger partial charge in [0.05, 0.1) is 6.10 Å². The minimum Gasteiger partial charge on any atom is -0.392 e. The molecule has 0 aliphatic heterocycles. The van der Waals surface area contributed by atoms with E-state index in [9.17, 15) is 5.11 Å². The van der Waals surface area contributed by atoms with Crippen LogP contribution in [0.1, 0.15) is 25.8 Å². The zero-order chi connectivity index (χ0) is 12.0. The molecule has 0 radical (unpaired) electrons. The number of nitrogens with one attached hydrogen (secondary N) is 1. The van der Waals surface area contributed by atoms with Crippen LogP contribution in [-0.4, -0.2) is 22.7 Å². The van der Waals surface area contributed by atoms with E-state index in [4.69, 9.17) is 11.6 Å². The van der Waals surface area contributed by atoms with Crippen LogP contribution in [0.2, 0.25) is 5.15 Å². The quantitative estimate of drug-likeness (QED) is 0.787. The summed E-state index contributed by atoms with van der Waals surface area (Å²) in [6.45, 7) is 5.42. The van der Waals surface area contributed by atoms with Gasteiger partial charge in [0.1, 0.15) is 5.15 Å². The summed E-state index contributed by atoms with van der Waals surface area (Å²) < 4.78 is 0. The average molecular weight is 279 g/mol. The number of halogens is 2. The van der Waals surface area contributed by atoms with E-state index in [2.05, 4.69) is 24.1 Å². The van der Waals surface area contributed by atoms with Crippen LogP contribution >= 0.6 is 24.0 Å². The smallest absolute Gasteiger partial charge is 0.133 e. The fourth-order valence-electron chi connectivity index (χ4n) is 1.55. The summed E-state index contributed by atoms with van der Waals surface area (Å²) in [5, 5.41) is 13.4. The van der Waals surface area contributed by atoms with E-state index < -0.39 is 0 Å². The van der Waals surface area contributed by atoms with Crippen molar-refractivity contribution in [3.63, 3.8) is 0 Å². The monoisotopic (exact) mass is 278 g/mol. The Bertz CT molecular complexity index is 321. The molecule has 5 heteroatoms. The first kappa shape index (κ1) is 16.6. The van der Waals surface area contributed by atoms with Gasteiger partial charge >= 0.3 is 0 Å². The Hall–Kier alpha value is -0.350. The van der Waals surface area contributed by atoms with E-state index in [0.29, 0.717) is 24.2 Å². The summed E-state index contributed by atoms with van der Waals surface area (Å²) in [5.41, 5.74) is 0.959. The van der Waals surface area contributed by atoms with Gasteiger partial charge in [0, 0.05) is 24.8 Å². The van der Waals surface area contributed by atoms with E-state index in [-0.39, 0.29) is 18.5 Å². The Morgan fingerprint density at radius 2 is 2.18 bits per heavy atom. The topological polar surface area (TPSA) is 45.1 Å². The lowest BCUT2D eigenvalue weighted by Gasteiger charge is -2.14. The number of aromatic nitrogens is 1. The van der Waals surface area contributed by atoms with Gasteiger partial charge in [-0.1, -0.05) is 31.5 Å². The van der Waals surface area contributed by atoms with Crippen LogP contribution in [0.3, 0.4) is 0 Å². The van der Waals surface area contributed by atoms with Gasteiger partial charge in [-0.3, -0.25) is 0 Å². The summed E-state index contributed by atoms with van der Waals surface area (Å²) in [4.78, 5) is 3.99. The maximum absolute atomic E-state index is 9.66. The third-order valence-electron chi connectivity index (χ3n) is 2.28. The normalized spacial score (nSPS) is 12.3. The molecule has 3 nitrogen and oxygen atoms in total. The lowest BCUT2D eigenvalue weighted by molar-refractivity contribution is 0.146. The highest BCUT2D eigenvalue weighted by Crippen LogP contribution is 2.11. The highest BCUT2D eigenvalue weighted by atomic mass is 35.5. The number of rotatable bonds is 6. The molecule has 2 N–H and O–H groups in total. The minimum absolute atomic E-state index is 0. The summed E-state index contributed by atoms with van der Waals surface area (Å²) in [6, 6.07) is 3.78. The number of hydrogen-bond donors (Lipinski definition) is 2. The second-order valence-corrected chi connectivity index (χ2v) is 4.73. The van der Waals surface area contributed by atoms with Gasteiger partial charge < -0.3 is 10.4 Å². The molecule has 98 valence electrons. The summed E-state index contributed by atoms with van der Waals surface area (Å²) in [7, 11) is 0. The van der Waals surface area contributed by atoms with Crippen molar-refractivity contribution < 1.29 is 5.11 Å². The van der Waals surface area contributed by atoms with Gasteiger partial charge in [0.15, 0.2) is 0 Å². The van der Waals surface area contributed by atoms with Crippen molar-refractivity contribution in [2.75, 3.05) is 6.54 Å². The Kier molecular flexibility index (Phi) is 8.52. The molecule has 1 atom stereocenters. The zero-order valence-corrected chi connectivity index (χ0v) is 11.8. The number of pyridine rings is 1. The van der Waals surface area contributed by atoms with Crippen molar-refractivity contribution in [1.82, 2.24) is 10.3 Å². The van der Waals surface area contributed by atoms with Crippen LogP contribution in [-0.2, 0) is 6.54 Å². The third kappa shape index (κ3) is 6.84. The van der Waals surface area contributed by atoms with E-state index in [0.717, 1.165) is 12.0 Å². The maximum atomic E-state index is 9.66. The summed E-state index contributed by atoms with van der Waals surface area (Å²) in [6.07, 6.45) is 2.18. The molecule has 0 saturated carbocycles. The Balaban J connectivity index is 0.00000256. The van der Waals surface area contributed by atoms with Crippen LogP contribution in [0.15, 0.2) is 18.3 Å². The molecule has 0 spiro atoms. The van der Waals surface area contributed by atoms with Gasteiger partial charge in [-0.15, -0.1) is 12.4 Å². The summed E-state index contributed by atoms with van der Waals surface area (Å²) in [5.74, 6) is 0.513. The standard InChI is InChI=1S/C12H19ClN2O.ClH/c1-9(2)6-11(16)8-14-7-10-4-3-5-15-12(10)13;/h3-5,9,11,14,16H,6-8H2,1-2H3;1H. The van der Waals surface area contributed by atoms with Crippen LogP contribution < -0.4 is 5.32 Å². The summed E-state index contributed by atoms with van der Waals surface area (Å²) >= 11 is 5.91. The molecule has 0 amide bonds. The fourth-order valence-corrected chi connectivity index (χ4v) is 1.74. The molecule has 0 aliphatic carbocycles. The predicted molar refractivity (Wildman–Crippen MR) is 73.7 cm³/mol. The first-order chi connectivity index (χ1) is 7.59. The largest absolute Gasteiger partial charge is 0.392 e. The van der Waals surface area contributed by atoms with Crippen LogP contribution in [0.4, 0.5) is 0 Å². The molecule has 0 bridgehead atoms. The van der Waals surface area contributed by atoms with Crippen molar-refractivity contribution in [2.45, 2.75) is 32.9 Å². The molecule has 1 rings (SSSR count). The van der Waals surface area contributed by atoms with Crippen LogP contribution in [0.5, 0.6) is 0 Å². The molecule has 0 aliphatic rings. The van der Waals surface area contributed by atoms with Gasteiger partial charge in [0.2, 0.25) is 0 Å². The minimum atomic E-state index is -0.296. The van der Waals surface area contributed by atoms with Crippen molar-refractivity contribution in [1.29, 1.82) is 0 Å². The number of hydrogen-bond acceptors (Lipinski definition) is 3. The Morgan fingerprint density at radius 1 is 1.47 bits per heavy atom. The zero-order valence-electron chi connectivity index (χ0n) is 10.2. The second-order valence-electron chi connectivity index (χ2n) is 4.37. The Labute approximate surface area is 114 Å². The second kappa shape index (κ2) is 8.70. The highest BCUT2D eigenvalue weighted by Gasteiger charge is 2.06. The lowest BCUT2D eigenvalue weighted by Crippen LogP contribution is -2.27. The molecule has 0 fully saturated rings. The van der Waals surface area contributed by atoms with E-state index in [1.165, 1.54) is 0 Å². The van der Waals surface area contributed by atoms with Gasteiger partial charge in [-0.05, 0) is 18.4 Å². The SMILES string of the molecule is CC(C)CC(O)CNCc1cccnc1Cl.Cl. The van der Waals surface area contributed by atoms with Gasteiger partial charge in [-0.2, -0.15) is 0 Å². The molecule has 1 aromatic rings. The van der Waals surface area contributed by atoms with E-state index in [1.54, 1.807) is 6.20 Å². The van der Waals surface area contributed by atoms with Crippen molar-refractivity contribution in [3.8, 4) is 0 Å². The van der Waals surface area contributed by atoms with Gasteiger partial charge in [-0.25, -0.2) is 4.98 Å². The number of aliphatic hydroxyl groups excluding tert-OH is 1. The predicted octanol–water partition coefficient (Wildman–Crippen LogP) is 2.65. The third-order valence-corrected chi connectivity index (χ3v) is 2.62. The molecule has 1 heterocycles. The van der Waals surface area contributed by atoms with Crippen molar-refractivity contribution in [3.05, 3.63) is 29.0 Å².